The van der Waals surface area contributed by atoms with E-state index in [-0.39, 0.29) is 18.5 Å². The van der Waals surface area contributed by atoms with Crippen LogP contribution in [0.15, 0.2) is 52.2 Å². The molecule has 0 amide bonds. The van der Waals surface area contributed by atoms with Crippen molar-refractivity contribution >= 4 is 13.7 Å². The largest absolute Gasteiger partial charge is 0.462 e. The van der Waals surface area contributed by atoms with E-state index < -0.39 is 61.7 Å². The Hall–Kier alpha value is -2.80. The highest BCUT2D eigenvalue weighted by Crippen LogP contribution is 2.50. The third-order valence-corrected chi connectivity index (χ3v) is 7.26. The quantitative estimate of drug-likeness (QED) is 0.295. The maximum Gasteiger partial charge on any atom is 0.459 e. The zero-order valence-electron chi connectivity index (χ0n) is 19.9. The number of nitrogens with zero attached hydrogens (tertiary/aromatic N) is 1. The maximum atomic E-state index is 13.7. The average Bonchev–Trinajstić information content (AvgIpc) is 3.27. The highest BCUT2D eigenvalue weighted by molar-refractivity contribution is 7.52. The van der Waals surface area contributed by atoms with Crippen molar-refractivity contribution in [1.82, 2.24) is 14.6 Å². The van der Waals surface area contributed by atoms with E-state index in [0.717, 1.165) is 10.6 Å². The van der Waals surface area contributed by atoms with Crippen molar-refractivity contribution in [3.63, 3.8) is 0 Å². The van der Waals surface area contributed by atoms with Crippen LogP contribution >= 0.6 is 7.75 Å². The van der Waals surface area contributed by atoms with Gasteiger partial charge in [0.1, 0.15) is 29.6 Å². The van der Waals surface area contributed by atoms with Gasteiger partial charge in [-0.1, -0.05) is 18.2 Å². The van der Waals surface area contributed by atoms with Crippen molar-refractivity contribution in [2.24, 2.45) is 0 Å². The van der Waals surface area contributed by atoms with Crippen molar-refractivity contribution < 1.29 is 37.7 Å². The summed E-state index contributed by atoms with van der Waals surface area (Å²) in [4.78, 5) is 38.1. The predicted molar refractivity (Wildman–Crippen MR) is 124 cm³/mol. The first-order valence-corrected chi connectivity index (χ1v) is 12.8. The van der Waals surface area contributed by atoms with Crippen LogP contribution in [0.4, 0.5) is 0 Å². The fraction of sp³-hybridized carbons (Fsp3) is 0.500. The molecule has 0 unspecified atom stereocenters. The predicted octanol–water partition coefficient (Wildman–Crippen LogP) is 0.697. The number of rotatable bonds is 10. The third-order valence-electron chi connectivity index (χ3n) is 5.64. The lowest BCUT2D eigenvalue weighted by atomic mass is 10.0. The first-order chi connectivity index (χ1) is 17.0. The van der Waals surface area contributed by atoms with Gasteiger partial charge in [0.25, 0.3) is 5.56 Å². The highest BCUT2D eigenvalue weighted by Gasteiger charge is 2.62. The van der Waals surface area contributed by atoms with Crippen LogP contribution in [0.25, 0.3) is 0 Å². The highest BCUT2D eigenvalue weighted by atomic mass is 31.2. The van der Waals surface area contributed by atoms with Crippen molar-refractivity contribution in [2.45, 2.75) is 57.0 Å². The lowest BCUT2D eigenvalue weighted by Crippen LogP contribution is -2.46. The van der Waals surface area contributed by atoms with Crippen LogP contribution in [0, 0.1) is 0 Å². The summed E-state index contributed by atoms with van der Waals surface area (Å²) in [7, 11) is -4.23. The molecule has 2 bridgehead atoms. The molecule has 2 saturated heterocycles. The number of para-hydroxylation sites is 1. The summed E-state index contributed by atoms with van der Waals surface area (Å²) in [6.07, 6.45) is -2.43. The van der Waals surface area contributed by atoms with Crippen LogP contribution in [0.3, 0.4) is 0 Å². The van der Waals surface area contributed by atoms with Crippen LogP contribution in [-0.4, -0.2) is 63.8 Å². The Labute approximate surface area is 205 Å². The van der Waals surface area contributed by atoms with Crippen molar-refractivity contribution in [2.75, 3.05) is 13.2 Å². The fourth-order valence-electron chi connectivity index (χ4n) is 3.90. The average molecular weight is 525 g/mol. The minimum absolute atomic E-state index is 0.121. The zero-order chi connectivity index (χ0) is 26.1. The SMILES string of the molecule is CC(C)OC(=O)[C@@H](C)N[P@@](=O)(OC[C@@]12CO[C@@H]([C@H](n3ccc(=O)[nH]c3=O)O1)[C@@H]2O)Oc1ccccc1. The molecule has 3 N–H and O–H groups in total. The van der Waals surface area contributed by atoms with Gasteiger partial charge in [0.05, 0.1) is 19.3 Å². The van der Waals surface area contributed by atoms with Gasteiger partial charge in [0.2, 0.25) is 0 Å². The van der Waals surface area contributed by atoms with Gasteiger partial charge in [-0.25, -0.2) is 9.36 Å². The molecule has 2 aromatic rings. The maximum absolute atomic E-state index is 13.7. The van der Waals surface area contributed by atoms with Gasteiger partial charge in [-0.2, -0.15) is 5.09 Å². The number of aromatic nitrogens is 2. The number of ether oxygens (including phenoxy) is 3. The Kier molecular flexibility index (Phi) is 7.51. The molecule has 13 nitrogen and oxygen atoms in total. The lowest BCUT2D eigenvalue weighted by molar-refractivity contribution is -0.185. The summed E-state index contributed by atoms with van der Waals surface area (Å²) in [5.41, 5.74) is -2.83. The molecule has 1 aromatic carbocycles. The smallest absolute Gasteiger partial charge is 0.459 e. The molecular weight excluding hydrogens is 497 g/mol. The Morgan fingerprint density at radius 2 is 2.00 bits per heavy atom. The number of carbonyl (C=O) groups excluding carboxylic acids is 1. The first-order valence-electron chi connectivity index (χ1n) is 11.3. The fourth-order valence-corrected chi connectivity index (χ4v) is 5.44. The van der Waals surface area contributed by atoms with E-state index >= 15 is 0 Å². The number of nitrogens with one attached hydrogen (secondary N) is 2. The van der Waals surface area contributed by atoms with Crippen LogP contribution < -0.4 is 20.9 Å². The van der Waals surface area contributed by atoms with Crippen LogP contribution in [0.5, 0.6) is 5.75 Å². The van der Waals surface area contributed by atoms with Gasteiger partial charge < -0.3 is 23.8 Å². The summed E-state index contributed by atoms with van der Waals surface area (Å²) in [6, 6.07) is 8.26. The zero-order valence-corrected chi connectivity index (χ0v) is 20.8. The molecule has 1 aromatic heterocycles. The van der Waals surface area contributed by atoms with Crippen LogP contribution in [0.1, 0.15) is 27.0 Å². The molecule has 2 aliphatic heterocycles. The number of H-pyrrole nitrogens is 1. The minimum atomic E-state index is -4.23. The molecule has 3 heterocycles. The van der Waals surface area contributed by atoms with Crippen molar-refractivity contribution in [1.29, 1.82) is 0 Å². The standard InChI is InChI=1S/C22H28N3O10P/c1-13(2)33-20(28)14(3)24-36(30,35-15-7-5-4-6-8-15)32-12-22-11-31-17(18(22)27)19(34-22)25-10-9-16(26)23-21(25)29/h4-10,13-14,17-19,27H,11-12H2,1-3H3,(H,24,30)(H,23,26,29)/t14-,17-,18+,19-,22-,36-/m1/s1. The normalized spacial score (nSPS) is 27.5. The lowest BCUT2D eigenvalue weighted by Gasteiger charge is -2.32. The summed E-state index contributed by atoms with van der Waals surface area (Å²) in [5, 5.41) is 13.4. The second-order valence-corrected chi connectivity index (χ2v) is 10.5. The van der Waals surface area contributed by atoms with Crippen LogP contribution in [0.2, 0.25) is 0 Å². The number of fused-ring (bicyclic) bond motifs is 2. The minimum Gasteiger partial charge on any atom is -0.462 e. The van der Waals surface area contributed by atoms with E-state index in [1.165, 1.54) is 13.1 Å². The molecule has 196 valence electrons. The second-order valence-electron chi connectivity index (χ2n) is 8.82. The molecule has 14 heteroatoms. The molecule has 4 rings (SSSR count). The van der Waals surface area contributed by atoms with Gasteiger partial charge in [-0.3, -0.25) is 23.7 Å². The number of aliphatic hydroxyl groups excluding tert-OH is 1. The molecule has 0 aliphatic carbocycles. The number of aromatic amines is 1. The molecule has 36 heavy (non-hydrogen) atoms. The summed E-state index contributed by atoms with van der Waals surface area (Å²) >= 11 is 0. The molecule has 0 spiro atoms. The molecule has 0 saturated carbocycles. The Morgan fingerprint density at radius 1 is 1.28 bits per heavy atom. The summed E-state index contributed by atoms with van der Waals surface area (Å²) < 4.78 is 42.8. The van der Waals surface area contributed by atoms with Crippen molar-refractivity contribution in [3.8, 4) is 5.75 Å². The van der Waals surface area contributed by atoms with E-state index in [1.807, 2.05) is 0 Å². The molecular formula is C22H28N3O10P. The number of hydrogen-bond donors (Lipinski definition) is 3. The molecule has 6 atom stereocenters. The van der Waals surface area contributed by atoms with Gasteiger partial charge in [0, 0.05) is 12.3 Å². The Morgan fingerprint density at radius 3 is 2.67 bits per heavy atom. The van der Waals surface area contributed by atoms with Crippen LogP contribution in [-0.2, 0) is 28.1 Å². The molecule has 0 radical (unpaired) electrons. The second kappa shape index (κ2) is 10.3. The van der Waals surface area contributed by atoms with Gasteiger partial charge >= 0.3 is 19.4 Å². The van der Waals surface area contributed by atoms with Gasteiger partial charge in [0.15, 0.2) is 6.23 Å². The monoisotopic (exact) mass is 525 g/mol. The van der Waals surface area contributed by atoms with E-state index in [1.54, 1.807) is 44.2 Å². The number of hydrogen-bond acceptors (Lipinski definition) is 10. The van der Waals surface area contributed by atoms with Gasteiger partial charge in [-0.05, 0) is 32.9 Å². The van der Waals surface area contributed by atoms with Gasteiger partial charge in [-0.15, -0.1) is 0 Å². The van der Waals surface area contributed by atoms with E-state index in [2.05, 4.69) is 10.1 Å². The number of carbonyl (C=O) groups is 1. The first kappa shape index (κ1) is 26.3. The third kappa shape index (κ3) is 5.46. The number of aliphatic hydroxyl groups is 1. The Balaban J connectivity index is 1.54. The summed E-state index contributed by atoms with van der Waals surface area (Å²) in [6.45, 7) is 4.22. The van der Waals surface area contributed by atoms with E-state index in [0.29, 0.717) is 0 Å². The molecule has 2 aliphatic rings. The summed E-state index contributed by atoms with van der Waals surface area (Å²) in [5.74, 6) is -0.455. The number of esters is 1. The van der Waals surface area contributed by atoms with E-state index in [9.17, 15) is 24.1 Å². The number of benzene rings is 1. The topological polar surface area (TPSA) is 167 Å². The van der Waals surface area contributed by atoms with E-state index in [4.69, 9.17) is 23.3 Å². The molecule has 2 fully saturated rings. The van der Waals surface area contributed by atoms with Crippen molar-refractivity contribution in [3.05, 3.63) is 63.4 Å². The Bertz CT molecular complexity index is 1250.